The van der Waals surface area contributed by atoms with Gasteiger partial charge in [-0.2, -0.15) is 11.8 Å². The molecule has 0 aliphatic rings. The van der Waals surface area contributed by atoms with Crippen LogP contribution in [0.2, 0.25) is 5.02 Å². The molecule has 0 amide bonds. The summed E-state index contributed by atoms with van der Waals surface area (Å²) in [6.45, 7) is 1.79. The summed E-state index contributed by atoms with van der Waals surface area (Å²) in [5.74, 6) is 1.21. The van der Waals surface area contributed by atoms with Gasteiger partial charge < -0.3 is 4.90 Å². The molecule has 0 aliphatic heterocycles. The molecule has 2 nitrogen and oxygen atoms in total. The van der Waals surface area contributed by atoms with Crippen LogP contribution < -0.4 is 0 Å². The van der Waals surface area contributed by atoms with Crippen molar-refractivity contribution in [1.82, 2.24) is 4.90 Å². The molecule has 0 saturated carbocycles. The number of rotatable bonds is 7. The summed E-state index contributed by atoms with van der Waals surface area (Å²) in [5, 5.41) is 0.546. The van der Waals surface area contributed by atoms with E-state index in [1.54, 1.807) is 12.1 Å². The van der Waals surface area contributed by atoms with Crippen LogP contribution in [0.3, 0.4) is 0 Å². The Hall–Kier alpha value is -0.510. The fourth-order valence-corrected chi connectivity index (χ4v) is 2.21. The minimum absolute atomic E-state index is 0.117. The average Bonchev–Trinajstić information content (AvgIpc) is 2.34. The van der Waals surface area contributed by atoms with Crippen LogP contribution in [0.15, 0.2) is 24.3 Å². The molecular formula is C13H18ClNOS. The molecule has 94 valence electrons. The lowest BCUT2D eigenvalue weighted by atomic mass is 10.1. The van der Waals surface area contributed by atoms with Gasteiger partial charge in [0.15, 0.2) is 5.78 Å². The lowest BCUT2D eigenvalue weighted by Crippen LogP contribution is -2.24. The predicted molar refractivity (Wildman–Crippen MR) is 76.3 cm³/mol. The maximum Gasteiger partial charge on any atom is 0.165 e. The van der Waals surface area contributed by atoms with Crippen LogP contribution >= 0.6 is 23.4 Å². The van der Waals surface area contributed by atoms with Crippen LogP contribution in [0.1, 0.15) is 16.8 Å². The molecule has 0 atom stereocenters. The summed E-state index contributed by atoms with van der Waals surface area (Å²) in [4.78, 5) is 14.1. The van der Waals surface area contributed by atoms with E-state index < -0.39 is 0 Å². The quantitative estimate of drug-likeness (QED) is 0.711. The number of ketones is 1. The van der Waals surface area contributed by atoms with E-state index in [0.29, 0.717) is 17.0 Å². The molecular weight excluding hydrogens is 254 g/mol. The molecule has 0 aliphatic carbocycles. The molecule has 1 rings (SSSR count). The zero-order valence-electron chi connectivity index (χ0n) is 10.3. The van der Waals surface area contributed by atoms with Gasteiger partial charge >= 0.3 is 0 Å². The number of thioether (sulfide) groups is 1. The predicted octanol–water partition coefficient (Wildman–Crippen LogP) is 3.21. The third-order valence-corrected chi connectivity index (χ3v) is 3.49. The second-order valence-electron chi connectivity index (χ2n) is 3.95. The maximum atomic E-state index is 11.9. The first-order chi connectivity index (χ1) is 8.15. The standard InChI is InChI=1S/C13H18ClNOS/c1-15(9-10-17-2)8-7-13(16)11-5-3-4-6-12(11)14/h3-6H,7-10H2,1-2H3. The Bertz CT molecular complexity index is 370. The Morgan fingerprint density at radius 2 is 2.06 bits per heavy atom. The smallest absolute Gasteiger partial charge is 0.165 e. The van der Waals surface area contributed by atoms with Crippen LogP contribution in [0.4, 0.5) is 0 Å². The van der Waals surface area contributed by atoms with Gasteiger partial charge in [0, 0.05) is 30.8 Å². The molecule has 0 radical (unpaired) electrons. The van der Waals surface area contributed by atoms with E-state index in [4.69, 9.17) is 11.6 Å². The van der Waals surface area contributed by atoms with E-state index in [1.807, 2.05) is 30.9 Å². The highest BCUT2D eigenvalue weighted by atomic mass is 35.5. The van der Waals surface area contributed by atoms with Gasteiger partial charge in [-0.1, -0.05) is 23.7 Å². The summed E-state index contributed by atoms with van der Waals surface area (Å²) in [7, 11) is 2.04. The Morgan fingerprint density at radius 1 is 1.35 bits per heavy atom. The van der Waals surface area contributed by atoms with E-state index in [9.17, 15) is 4.79 Å². The van der Waals surface area contributed by atoms with Gasteiger partial charge in [0.2, 0.25) is 0 Å². The number of carbonyl (C=O) groups excluding carboxylic acids is 1. The molecule has 0 saturated heterocycles. The van der Waals surface area contributed by atoms with Gasteiger partial charge in [0.05, 0.1) is 5.02 Å². The maximum absolute atomic E-state index is 11.9. The number of Topliss-reactive ketones (excluding diaryl/α,β-unsaturated/α-hetero) is 1. The summed E-state index contributed by atoms with van der Waals surface area (Å²) in [6, 6.07) is 7.22. The van der Waals surface area contributed by atoms with Crippen LogP contribution in [0.25, 0.3) is 0 Å². The Balaban J connectivity index is 2.42. The van der Waals surface area contributed by atoms with Gasteiger partial charge in [0.1, 0.15) is 0 Å². The third kappa shape index (κ3) is 5.11. The Morgan fingerprint density at radius 3 is 2.71 bits per heavy atom. The third-order valence-electron chi connectivity index (χ3n) is 2.57. The molecule has 4 heteroatoms. The molecule has 1 aromatic carbocycles. The number of hydrogen-bond donors (Lipinski definition) is 0. The molecule has 0 heterocycles. The van der Waals surface area contributed by atoms with Crippen molar-refractivity contribution in [3.63, 3.8) is 0 Å². The zero-order valence-corrected chi connectivity index (χ0v) is 11.9. The summed E-state index contributed by atoms with van der Waals surface area (Å²) in [6.07, 6.45) is 2.61. The summed E-state index contributed by atoms with van der Waals surface area (Å²) >= 11 is 7.80. The average molecular weight is 272 g/mol. The molecule has 0 spiro atoms. The van der Waals surface area contributed by atoms with Crippen molar-refractivity contribution in [3.05, 3.63) is 34.9 Å². The van der Waals surface area contributed by atoms with Gasteiger partial charge in [-0.15, -0.1) is 0 Å². The van der Waals surface area contributed by atoms with Crippen LogP contribution in [-0.2, 0) is 0 Å². The van der Waals surface area contributed by atoms with Crippen molar-refractivity contribution < 1.29 is 4.79 Å². The fourth-order valence-electron chi connectivity index (χ4n) is 1.47. The SMILES string of the molecule is CSCCN(C)CCC(=O)c1ccccc1Cl. The highest BCUT2D eigenvalue weighted by Gasteiger charge is 2.10. The number of nitrogens with zero attached hydrogens (tertiary/aromatic N) is 1. The van der Waals surface area contributed by atoms with Crippen molar-refractivity contribution in [2.75, 3.05) is 32.1 Å². The Labute approximate surface area is 112 Å². The van der Waals surface area contributed by atoms with E-state index in [-0.39, 0.29) is 5.78 Å². The van der Waals surface area contributed by atoms with Crippen LogP contribution in [0.5, 0.6) is 0 Å². The van der Waals surface area contributed by atoms with E-state index in [0.717, 1.165) is 18.8 Å². The fraction of sp³-hybridized carbons (Fsp3) is 0.462. The second-order valence-corrected chi connectivity index (χ2v) is 5.34. The summed E-state index contributed by atoms with van der Waals surface area (Å²) < 4.78 is 0. The van der Waals surface area contributed by atoms with Gasteiger partial charge in [-0.25, -0.2) is 0 Å². The topological polar surface area (TPSA) is 20.3 Å². The molecule has 0 bridgehead atoms. The van der Waals surface area contributed by atoms with Gasteiger partial charge in [-0.05, 0) is 25.4 Å². The van der Waals surface area contributed by atoms with Gasteiger partial charge in [0.25, 0.3) is 0 Å². The van der Waals surface area contributed by atoms with Gasteiger partial charge in [-0.3, -0.25) is 4.79 Å². The molecule has 1 aromatic rings. The second kappa shape index (κ2) is 7.75. The van der Waals surface area contributed by atoms with Crippen molar-refractivity contribution >= 4 is 29.1 Å². The highest BCUT2D eigenvalue weighted by molar-refractivity contribution is 7.98. The van der Waals surface area contributed by atoms with Crippen molar-refractivity contribution in [3.8, 4) is 0 Å². The molecule has 0 N–H and O–H groups in total. The molecule has 0 unspecified atom stereocenters. The summed E-state index contributed by atoms with van der Waals surface area (Å²) in [5.41, 5.74) is 0.632. The first kappa shape index (κ1) is 14.6. The number of benzene rings is 1. The first-order valence-electron chi connectivity index (χ1n) is 5.60. The van der Waals surface area contributed by atoms with Crippen molar-refractivity contribution in [2.24, 2.45) is 0 Å². The zero-order chi connectivity index (χ0) is 12.7. The van der Waals surface area contributed by atoms with Crippen molar-refractivity contribution in [2.45, 2.75) is 6.42 Å². The monoisotopic (exact) mass is 271 g/mol. The van der Waals surface area contributed by atoms with E-state index >= 15 is 0 Å². The Kier molecular flexibility index (Phi) is 6.63. The molecule has 17 heavy (non-hydrogen) atoms. The van der Waals surface area contributed by atoms with E-state index in [2.05, 4.69) is 11.2 Å². The minimum Gasteiger partial charge on any atom is -0.305 e. The highest BCUT2D eigenvalue weighted by Crippen LogP contribution is 2.16. The molecule has 0 aromatic heterocycles. The van der Waals surface area contributed by atoms with Crippen molar-refractivity contribution in [1.29, 1.82) is 0 Å². The van der Waals surface area contributed by atoms with E-state index in [1.165, 1.54) is 0 Å². The van der Waals surface area contributed by atoms with Crippen LogP contribution in [0, 0.1) is 0 Å². The lowest BCUT2D eigenvalue weighted by molar-refractivity contribution is 0.0970. The number of carbonyl (C=O) groups is 1. The molecule has 0 fully saturated rings. The van der Waals surface area contributed by atoms with Crippen LogP contribution in [-0.4, -0.2) is 42.8 Å². The largest absolute Gasteiger partial charge is 0.305 e. The minimum atomic E-state index is 0.117. The normalized spacial score (nSPS) is 10.8. The first-order valence-corrected chi connectivity index (χ1v) is 7.37. The lowest BCUT2D eigenvalue weighted by Gasteiger charge is -2.15. The number of hydrogen-bond acceptors (Lipinski definition) is 3. The number of halogens is 1.